The molecular weight excluding hydrogens is 176 g/mol. The van der Waals surface area contributed by atoms with Crippen molar-refractivity contribution < 1.29 is 9.47 Å². The quantitative estimate of drug-likeness (QED) is 0.629. The Morgan fingerprint density at radius 1 is 1.36 bits per heavy atom. The standard InChI is InChI=1S/C12H12O2/c1-3-9(2)10-5-4-6-11-12(10)14-8-7-13-11/h1,4-6,9H,7-8H2,2H3. The molecule has 0 saturated heterocycles. The number of fused-ring (bicyclic) bond motifs is 1. The van der Waals surface area contributed by atoms with E-state index in [0.717, 1.165) is 17.1 Å². The van der Waals surface area contributed by atoms with Crippen LogP contribution in [0.5, 0.6) is 11.5 Å². The van der Waals surface area contributed by atoms with Crippen LogP contribution in [0.25, 0.3) is 0 Å². The van der Waals surface area contributed by atoms with E-state index in [2.05, 4.69) is 5.92 Å². The minimum atomic E-state index is 0.0617. The molecule has 1 aliphatic rings. The van der Waals surface area contributed by atoms with Gasteiger partial charge in [0.25, 0.3) is 0 Å². The van der Waals surface area contributed by atoms with Crippen molar-refractivity contribution in [3.05, 3.63) is 23.8 Å². The molecule has 0 saturated carbocycles. The van der Waals surface area contributed by atoms with Crippen molar-refractivity contribution >= 4 is 0 Å². The van der Waals surface area contributed by atoms with Crippen molar-refractivity contribution in [2.45, 2.75) is 12.8 Å². The Balaban J connectivity index is 2.46. The predicted octanol–water partition coefficient (Wildman–Crippen LogP) is 2.19. The first-order chi connectivity index (χ1) is 6.83. The summed E-state index contributed by atoms with van der Waals surface area (Å²) >= 11 is 0. The molecule has 1 atom stereocenters. The maximum Gasteiger partial charge on any atom is 0.165 e. The molecule has 0 aromatic heterocycles. The molecule has 72 valence electrons. The van der Waals surface area contributed by atoms with Gasteiger partial charge in [0.1, 0.15) is 13.2 Å². The maximum atomic E-state index is 5.56. The molecule has 0 radical (unpaired) electrons. The zero-order chi connectivity index (χ0) is 9.97. The number of para-hydroxylation sites is 1. The lowest BCUT2D eigenvalue weighted by molar-refractivity contribution is 0.170. The van der Waals surface area contributed by atoms with Gasteiger partial charge in [-0.05, 0) is 13.0 Å². The summed E-state index contributed by atoms with van der Waals surface area (Å²) in [4.78, 5) is 0. The molecule has 0 amide bonds. The minimum absolute atomic E-state index is 0.0617. The highest BCUT2D eigenvalue weighted by Crippen LogP contribution is 2.37. The van der Waals surface area contributed by atoms with Crippen LogP contribution in [-0.2, 0) is 0 Å². The van der Waals surface area contributed by atoms with Crippen LogP contribution in [0.4, 0.5) is 0 Å². The third-order valence-corrected chi connectivity index (χ3v) is 2.31. The van der Waals surface area contributed by atoms with E-state index >= 15 is 0 Å². The minimum Gasteiger partial charge on any atom is -0.486 e. The molecule has 1 aromatic rings. The fourth-order valence-corrected chi connectivity index (χ4v) is 1.53. The third-order valence-electron chi connectivity index (χ3n) is 2.31. The van der Waals surface area contributed by atoms with E-state index in [1.54, 1.807) is 0 Å². The molecule has 1 heterocycles. The van der Waals surface area contributed by atoms with Gasteiger partial charge in [0.2, 0.25) is 0 Å². The Morgan fingerprint density at radius 3 is 2.93 bits per heavy atom. The molecular formula is C12H12O2. The Morgan fingerprint density at radius 2 is 2.14 bits per heavy atom. The Bertz CT molecular complexity index is 376. The average molecular weight is 188 g/mol. The van der Waals surface area contributed by atoms with Gasteiger partial charge in [0, 0.05) is 11.5 Å². The number of benzene rings is 1. The Labute approximate surface area is 83.8 Å². The number of hydrogen-bond donors (Lipinski definition) is 0. The van der Waals surface area contributed by atoms with Crippen molar-refractivity contribution in [1.82, 2.24) is 0 Å². The van der Waals surface area contributed by atoms with Crippen LogP contribution in [0, 0.1) is 12.3 Å². The fraction of sp³-hybridized carbons (Fsp3) is 0.333. The van der Waals surface area contributed by atoms with E-state index in [0.29, 0.717) is 13.2 Å². The largest absolute Gasteiger partial charge is 0.486 e. The van der Waals surface area contributed by atoms with E-state index in [4.69, 9.17) is 15.9 Å². The van der Waals surface area contributed by atoms with Crippen molar-refractivity contribution in [2.24, 2.45) is 0 Å². The first-order valence-corrected chi connectivity index (χ1v) is 4.67. The van der Waals surface area contributed by atoms with E-state index in [-0.39, 0.29) is 5.92 Å². The SMILES string of the molecule is C#CC(C)c1cccc2c1OCCO2. The molecule has 14 heavy (non-hydrogen) atoms. The van der Waals surface area contributed by atoms with Gasteiger partial charge in [0.15, 0.2) is 11.5 Å². The van der Waals surface area contributed by atoms with Crippen LogP contribution >= 0.6 is 0 Å². The zero-order valence-corrected chi connectivity index (χ0v) is 8.12. The Hall–Kier alpha value is -1.62. The van der Waals surface area contributed by atoms with Crippen LogP contribution in [0.15, 0.2) is 18.2 Å². The second-order valence-corrected chi connectivity index (χ2v) is 3.26. The van der Waals surface area contributed by atoms with Crippen LogP contribution in [0.3, 0.4) is 0 Å². The van der Waals surface area contributed by atoms with E-state index < -0.39 is 0 Å². The van der Waals surface area contributed by atoms with E-state index in [1.807, 2.05) is 25.1 Å². The normalized spacial score (nSPS) is 15.7. The smallest absolute Gasteiger partial charge is 0.165 e. The van der Waals surface area contributed by atoms with Crippen molar-refractivity contribution in [3.63, 3.8) is 0 Å². The monoisotopic (exact) mass is 188 g/mol. The fourth-order valence-electron chi connectivity index (χ4n) is 1.53. The van der Waals surface area contributed by atoms with Crippen molar-refractivity contribution in [1.29, 1.82) is 0 Å². The van der Waals surface area contributed by atoms with Gasteiger partial charge in [-0.1, -0.05) is 18.1 Å². The van der Waals surface area contributed by atoms with E-state index in [1.165, 1.54) is 0 Å². The summed E-state index contributed by atoms with van der Waals surface area (Å²) in [5, 5.41) is 0. The molecule has 0 spiro atoms. The molecule has 1 aromatic carbocycles. The summed E-state index contributed by atoms with van der Waals surface area (Å²) in [5.41, 5.74) is 1.03. The second kappa shape index (κ2) is 3.63. The summed E-state index contributed by atoms with van der Waals surface area (Å²) in [6, 6.07) is 5.83. The van der Waals surface area contributed by atoms with Crippen molar-refractivity contribution in [3.8, 4) is 23.8 Å². The summed E-state index contributed by atoms with van der Waals surface area (Å²) in [7, 11) is 0. The average Bonchev–Trinajstić information content (AvgIpc) is 2.27. The summed E-state index contributed by atoms with van der Waals surface area (Å²) in [6.07, 6.45) is 5.39. The highest BCUT2D eigenvalue weighted by Gasteiger charge is 2.17. The first-order valence-electron chi connectivity index (χ1n) is 4.67. The van der Waals surface area contributed by atoms with Gasteiger partial charge in [-0.3, -0.25) is 0 Å². The Kier molecular flexibility index (Phi) is 2.32. The highest BCUT2D eigenvalue weighted by molar-refractivity contribution is 5.50. The molecule has 2 rings (SSSR count). The number of terminal acetylenes is 1. The van der Waals surface area contributed by atoms with Gasteiger partial charge in [-0.15, -0.1) is 6.42 Å². The van der Waals surface area contributed by atoms with Gasteiger partial charge in [-0.2, -0.15) is 0 Å². The van der Waals surface area contributed by atoms with Gasteiger partial charge in [0.05, 0.1) is 0 Å². The molecule has 0 fully saturated rings. The number of ether oxygens (including phenoxy) is 2. The zero-order valence-electron chi connectivity index (χ0n) is 8.12. The second-order valence-electron chi connectivity index (χ2n) is 3.26. The molecule has 0 bridgehead atoms. The lowest BCUT2D eigenvalue weighted by Crippen LogP contribution is -2.16. The van der Waals surface area contributed by atoms with Crippen LogP contribution in [0.1, 0.15) is 18.4 Å². The van der Waals surface area contributed by atoms with Crippen LogP contribution in [-0.4, -0.2) is 13.2 Å². The third kappa shape index (κ3) is 1.42. The first kappa shape index (κ1) is 8.96. The maximum absolute atomic E-state index is 5.56. The molecule has 1 aliphatic heterocycles. The predicted molar refractivity (Wildman–Crippen MR) is 54.7 cm³/mol. The summed E-state index contributed by atoms with van der Waals surface area (Å²) < 4.78 is 11.0. The molecule has 1 unspecified atom stereocenters. The van der Waals surface area contributed by atoms with Crippen LogP contribution < -0.4 is 9.47 Å². The topological polar surface area (TPSA) is 18.5 Å². The van der Waals surface area contributed by atoms with Gasteiger partial charge in [-0.25, -0.2) is 0 Å². The lowest BCUT2D eigenvalue weighted by atomic mass is 10.0. The van der Waals surface area contributed by atoms with Gasteiger partial charge < -0.3 is 9.47 Å². The lowest BCUT2D eigenvalue weighted by Gasteiger charge is -2.21. The molecule has 2 heteroatoms. The summed E-state index contributed by atoms with van der Waals surface area (Å²) in [5.74, 6) is 4.37. The number of hydrogen-bond acceptors (Lipinski definition) is 2. The van der Waals surface area contributed by atoms with E-state index in [9.17, 15) is 0 Å². The molecule has 2 nitrogen and oxygen atoms in total. The summed E-state index contributed by atoms with van der Waals surface area (Å²) in [6.45, 7) is 3.19. The number of rotatable bonds is 1. The highest BCUT2D eigenvalue weighted by atomic mass is 16.6. The molecule has 0 N–H and O–H groups in total. The van der Waals surface area contributed by atoms with Gasteiger partial charge >= 0.3 is 0 Å². The molecule has 0 aliphatic carbocycles. The van der Waals surface area contributed by atoms with Crippen LogP contribution in [0.2, 0.25) is 0 Å². The van der Waals surface area contributed by atoms with Crippen molar-refractivity contribution in [2.75, 3.05) is 13.2 Å².